The van der Waals surface area contributed by atoms with E-state index in [4.69, 9.17) is 14.5 Å². The molecule has 0 saturated heterocycles. The number of benzene rings is 1. The molecule has 0 saturated carbocycles. The normalized spacial score (nSPS) is 14.4. The molecule has 1 aromatic heterocycles. The van der Waals surface area contributed by atoms with Gasteiger partial charge in [0.2, 0.25) is 5.91 Å². The summed E-state index contributed by atoms with van der Waals surface area (Å²) in [4.78, 5) is 42.1. The number of amides is 3. The van der Waals surface area contributed by atoms with Crippen LogP contribution in [0.4, 0.5) is 4.79 Å². The van der Waals surface area contributed by atoms with Crippen molar-refractivity contribution in [2.75, 3.05) is 21.3 Å². The number of nitrogens with zero attached hydrogens (tertiary/aromatic N) is 2. The van der Waals surface area contributed by atoms with Gasteiger partial charge in [-0.25, -0.2) is 9.78 Å². The smallest absolute Gasteiger partial charge is 0.321 e. The number of urea groups is 1. The molecule has 3 rings (SSSR count). The van der Waals surface area contributed by atoms with Gasteiger partial charge in [-0.15, -0.1) is 0 Å². The summed E-state index contributed by atoms with van der Waals surface area (Å²) in [6.07, 6.45) is 7.45. The predicted octanol–water partition coefficient (Wildman–Crippen LogP) is 3.24. The van der Waals surface area contributed by atoms with Crippen LogP contribution in [0.5, 0.6) is 11.5 Å². The SMILES string of the molecule is CNC(=O)NC(=O)[C@@H](C)Sc1nc2cc(OC)c(OC)cc2c(=O)n1CCC1=CCCCC1. The Hall–Kier alpha value is -3.01. The Morgan fingerprint density at radius 1 is 1.21 bits per heavy atom. The number of methoxy groups -OCH3 is 2. The zero-order valence-electron chi connectivity index (χ0n) is 19.4. The van der Waals surface area contributed by atoms with Gasteiger partial charge in [0.1, 0.15) is 0 Å². The molecule has 0 spiro atoms. The van der Waals surface area contributed by atoms with Gasteiger partial charge in [0.15, 0.2) is 16.7 Å². The summed E-state index contributed by atoms with van der Waals surface area (Å²) in [6.45, 7) is 2.12. The fourth-order valence-electron chi connectivity index (χ4n) is 3.69. The highest BCUT2D eigenvalue weighted by atomic mass is 32.2. The molecule has 1 aliphatic carbocycles. The quantitative estimate of drug-likeness (QED) is 0.343. The van der Waals surface area contributed by atoms with Gasteiger partial charge in [0.05, 0.1) is 30.4 Å². The van der Waals surface area contributed by atoms with E-state index in [1.807, 2.05) is 0 Å². The number of hydrogen-bond donors (Lipinski definition) is 2. The number of carbonyl (C=O) groups excluding carboxylic acids is 2. The Labute approximate surface area is 196 Å². The summed E-state index contributed by atoms with van der Waals surface area (Å²) in [7, 11) is 4.47. The zero-order valence-corrected chi connectivity index (χ0v) is 20.2. The summed E-state index contributed by atoms with van der Waals surface area (Å²) >= 11 is 1.14. The molecule has 178 valence electrons. The maximum atomic E-state index is 13.5. The van der Waals surface area contributed by atoms with E-state index in [1.165, 1.54) is 33.3 Å². The Kier molecular flexibility index (Phi) is 8.37. The molecule has 0 radical (unpaired) electrons. The summed E-state index contributed by atoms with van der Waals surface area (Å²) in [5.41, 5.74) is 1.58. The van der Waals surface area contributed by atoms with Gasteiger partial charge in [-0.1, -0.05) is 23.4 Å². The third-order valence-corrected chi connectivity index (χ3v) is 6.67. The molecule has 3 amide bonds. The number of hydrogen-bond acceptors (Lipinski definition) is 7. The van der Waals surface area contributed by atoms with Gasteiger partial charge in [-0.05, 0) is 45.1 Å². The van der Waals surface area contributed by atoms with Crippen LogP contribution in [0.15, 0.2) is 33.7 Å². The second kappa shape index (κ2) is 11.2. The largest absolute Gasteiger partial charge is 0.493 e. The van der Waals surface area contributed by atoms with Crippen LogP contribution in [-0.4, -0.2) is 48.0 Å². The highest BCUT2D eigenvalue weighted by Crippen LogP contribution is 2.32. The van der Waals surface area contributed by atoms with Gasteiger partial charge < -0.3 is 14.8 Å². The maximum Gasteiger partial charge on any atom is 0.321 e. The van der Waals surface area contributed by atoms with Crippen molar-refractivity contribution in [2.45, 2.75) is 56.0 Å². The summed E-state index contributed by atoms with van der Waals surface area (Å²) in [5, 5.41) is 4.80. The van der Waals surface area contributed by atoms with E-state index in [0.717, 1.165) is 37.4 Å². The molecule has 1 aromatic carbocycles. The van der Waals surface area contributed by atoms with E-state index in [9.17, 15) is 14.4 Å². The molecule has 0 unspecified atom stereocenters. The molecule has 0 fully saturated rings. The van der Waals surface area contributed by atoms with Crippen LogP contribution in [0.25, 0.3) is 10.9 Å². The lowest BCUT2D eigenvalue weighted by molar-refractivity contribution is -0.119. The Bertz CT molecular complexity index is 1130. The number of rotatable bonds is 8. The number of imide groups is 1. The van der Waals surface area contributed by atoms with E-state index in [1.54, 1.807) is 23.6 Å². The zero-order chi connectivity index (χ0) is 24.0. The van der Waals surface area contributed by atoms with Crippen LogP contribution >= 0.6 is 11.8 Å². The van der Waals surface area contributed by atoms with Crippen molar-refractivity contribution in [1.29, 1.82) is 0 Å². The average Bonchev–Trinajstić information content (AvgIpc) is 2.83. The van der Waals surface area contributed by atoms with Crippen molar-refractivity contribution in [1.82, 2.24) is 20.2 Å². The molecule has 2 N–H and O–H groups in total. The van der Waals surface area contributed by atoms with Gasteiger partial charge in [0.25, 0.3) is 5.56 Å². The van der Waals surface area contributed by atoms with Crippen LogP contribution in [-0.2, 0) is 11.3 Å². The highest BCUT2D eigenvalue weighted by molar-refractivity contribution is 8.00. The number of allylic oxidation sites excluding steroid dienone is 2. The Balaban J connectivity index is 2.01. The van der Waals surface area contributed by atoms with Gasteiger partial charge in [-0.2, -0.15) is 0 Å². The number of fused-ring (bicyclic) bond motifs is 1. The lowest BCUT2D eigenvalue weighted by atomic mass is 9.97. The minimum absolute atomic E-state index is 0.209. The third-order valence-electron chi connectivity index (χ3n) is 5.58. The van der Waals surface area contributed by atoms with Crippen molar-refractivity contribution >= 4 is 34.6 Å². The Morgan fingerprint density at radius 3 is 2.58 bits per heavy atom. The number of nitrogens with one attached hydrogen (secondary N) is 2. The molecule has 1 aliphatic rings. The second-order valence-corrected chi connectivity index (χ2v) is 9.07. The molecule has 33 heavy (non-hydrogen) atoms. The third kappa shape index (κ3) is 5.87. The molecular weight excluding hydrogens is 444 g/mol. The second-order valence-electron chi connectivity index (χ2n) is 7.76. The van der Waals surface area contributed by atoms with Crippen molar-refractivity contribution in [3.05, 3.63) is 34.1 Å². The average molecular weight is 475 g/mol. The highest BCUT2D eigenvalue weighted by Gasteiger charge is 2.22. The number of ether oxygens (including phenoxy) is 2. The van der Waals surface area contributed by atoms with Crippen LogP contribution in [0.2, 0.25) is 0 Å². The molecule has 0 bridgehead atoms. The number of carbonyl (C=O) groups is 2. The van der Waals surface area contributed by atoms with Crippen molar-refractivity contribution in [3.63, 3.8) is 0 Å². The van der Waals surface area contributed by atoms with Gasteiger partial charge in [-0.3, -0.25) is 19.5 Å². The lowest BCUT2D eigenvalue weighted by Crippen LogP contribution is -2.41. The van der Waals surface area contributed by atoms with E-state index in [0.29, 0.717) is 34.1 Å². The van der Waals surface area contributed by atoms with Crippen molar-refractivity contribution < 1.29 is 19.1 Å². The van der Waals surface area contributed by atoms with E-state index >= 15 is 0 Å². The molecule has 1 heterocycles. The van der Waals surface area contributed by atoms with Crippen LogP contribution in [0.1, 0.15) is 39.0 Å². The first-order chi connectivity index (χ1) is 15.9. The van der Waals surface area contributed by atoms with Crippen LogP contribution in [0, 0.1) is 0 Å². The van der Waals surface area contributed by atoms with Crippen molar-refractivity contribution in [3.8, 4) is 11.5 Å². The minimum atomic E-state index is -0.646. The van der Waals surface area contributed by atoms with Gasteiger partial charge >= 0.3 is 6.03 Å². The van der Waals surface area contributed by atoms with E-state index in [2.05, 4.69) is 16.7 Å². The maximum absolute atomic E-state index is 13.5. The fourth-order valence-corrected chi connectivity index (χ4v) is 4.62. The summed E-state index contributed by atoms with van der Waals surface area (Å²) in [6, 6.07) is 2.70. The molecule has 1 atom stereocenters. The van der Waals surface area contributed by atoms with Gasteiger partial charge in [0, 0.05) is 19.7 Å². The lowest BCUT2D eigenvalue weighted by Gasteiger charge is -2.18. The molecular formula is C23H30N4O5S. The molecule has 0 aliphatic heterocycles. The van der Waals surface area contributed by atoms with Crippen molar-refractivity contribution in [2.24, 2.45) is 0 Å². The monoisotopic (exact) mass is 474 g/mol. The first-order valence-corrected chi connectivity index (χ1v) is 11.8. The molecule has 10 heteroatoms. The van der Waals surface area contributed by atoms with E-state index < -0.39 is 17.2 Å². The summed E-state index contributed by atoms with van der Waals surface area (Å²) in [5.74, 6) is 0.440. The first-order valence-electron chi connectivity index (χ1n) is 10.9. The molecule has 2 aromatic rings. The first kappa shape index (κ1) is 24.6. The fraction of sp³-hybridized carbons (Fsp3) is 0.478. The van der Waals surface area contributed by atoms with Crippen LogP contribution in [0.3, 0.4) is 0 Å². The minimum Gasteiger partial charge on any atom is -0.493 e. The summed E-state index contributed by atoms with van der Waals surface area (Å²) < 4.78 is 12.3. The van der Waals surface area contributed by atoms with Crippen LogP contribution < -0.4 is 25.7 Å². The van der Waals surface area contributed by atoms with E-state index in [-0.39, 0.29) is 5.56 Å². The number of thioether (sulfide) groups is 1. The topological polar surface area (TPSA) is 112 Å². The number of aromatic nitrogens is 2. The predicted molar refractivity (Wildman–Crippen MR) is 128 cm³/mol. The molecule has 9 nitrogen and oxygen atoms in total. The Morgan fingerprint density at radius 2 is 1.94 bits per heavy atom. The standard InChI is InChI=1S/C23H30N4O5S/c1-14(20(28)26-22(30)24-2)33-23-25-17-13-19(32-4)18(31-3)12-16(17)21(29)27(23)11-10-15-8-6-5-7-9-15/h8,12-14H,5-7,9-11H2,1-4H3,(H2,24,26,28,30)/t14-/m1/s1.